The quantitative estimate of drug-likeness (QED) is 0.291. The van der Waals surface area contributed by atoms with Gasteiger partial charge >= 0.3 is 5.97 Å². The molecule has 0 fully saturated rings. The van der Waals surface area contributed by atoms with Crippen LogP contribution in [0.2, 0.25) is 0 Å². The average molecular weight is 282 g/mol. The molecule has 0 bridgehead atoms. The average Bonchev–Trinajstić information content (AvgIpc) is 2.43. The molecule has 0 unspecified atom stereocenters. The van der Waals surface area contributed by atoms with Crippen molar-refractivity contribution in [2.45, 2.75) is 96.8 Å². The number of hydrogen-bond acceptors (Lipinski definition) is 1. The van der Waals surface area contributed by atoms with Gasteiger partial charge < -0.3 is 5.11 Å². The molecule has 20 heavy (non-hydrogen) atoms. The number of allylic oxidation sites excluding steroid dienone is 2. The number of carbonyl (C=O) groups is 1. The van der Waals surface area contributed by atoms with Gasteiger partial charge in [0.05, 0.1) is 0 Å². The second kappa shape index (κ2) is 16.3. The SMILES string of the molecule is CCCCCCCCCCC/C=C/CCCCC(=O)O. The molecule has 0 aromatic carbocycles. The van der Waals surface area contributed by atoms with Crippen molar-refractivity contribution in [1.82, 2.24) is 0 Å². The molecule has 0 aliphatic heterocycles. The number of unbranched alkanes of at least 4 members (excludes halogenated alkanes) is 11. The summed E-state index contributed by atoms with van der Waals surface area (Å²) in [6, 6.07) is 0. The van der Waals surface area contributed by atoms with Crippen LogP contribution >= 0.6 is 0 Å². The Morgan fingerprint density at radius 2 is 1.20 bits per heavy atom. The highest BCUT2D eigenvalue weighted by molar-refractivity contribution is 5.66. The van der Waals surface area contributed by atoms with Crippen molar-refractivity contribution in [3.8, 4) is 0 Å². The van der Waals surface area contributed by atoms with E-state index in [1.807, 2.05) is 0 Å². The summed E-state index contributed by atoms with van der Waals surface area (Å²) >= 11 is 0. The lowest BCUT2D eigenvalue weighted by atomic mass is 10.1. The number of aliphatic carboxylic acids is 1. The van der Waals surface area contributed by atoms with Crippen LogP contribution in [0.25, 0.3) is 0 Å². The van der Waals surface area contributed by atoms with Gasteiger partial charge in [-0.1, -0.05) is 70.4 Å². The Balaban J connectivity index is 3.06. The summed E-state index contributed by atoms with van der Waals surface area (Å²) in [5.74, 6) is -0.677. The summed E-state index contributed by atoms with van der Waals surface area (Å²) in [4.78, 5) is 10.3. The smallest absolute Gasteiger partial charge is 0.303 e. The molecule has 0 aromatic heterocycles. The van der Waals surface area contributed by atoms with Crippen LogP contribution in [-0.2, 0) is 4.79 Å². The van der Waals surface area contributed by atoms with Crippen molar-refractivity contribution in [3.63, 3.8) is 0 Å². The third kappa shape index (κ3) is 17.2. The van der Waals surface area contributed by atoms with Gasteiger partial charge in [-0.15, -0.1) is 0 Å². The first-order valence-corrected chi connectivity index (χ1v) is 8.64. The minimum atomic E-state index is -0.677. The number of rotatable bonds is 15. The molecule has 0 radical (unpaired) electrons. The van der Waals surface area contributed by atoms with E-state index in [1.54, 1.807) is 0 Å². The Labute approximate surface area is 125 Å². The molecule has 2 nitrogen and oxygen atoms in total. The first-order valence-electron chi connectivity index (χ1n) is 8.64. The lowest BCUT2D eigenvalue weighted by Gasteiger charge is -2.00. The van der Waals surface area contributed by atoms with Crippen LogP contribution in [0, 0.1) is 0 Å². The Hall–Kier alpha value is -0.790. The van der Waals surface area contributed by atoms with Crippen molar-refractivity contribution in [1.29, 1.82) is 0 Å². The molecule has 2 heteroatoms. The summed E-state index contributed by atoms with van der Waals surface area (Å²) in [7, 11) is 0. The van der Waals surface area contributed by atoms with E-state index in [0.717, 1.165) is 19.3 Å². The van der Waals surface area contributed by atoms with Gasteiger partial charge in [0, 0.05) is 6.42 Å². The Kier molecular flexibility index (Phi) is 15.6. The van der Waals surface area contributed by atoms with E-state index in [2.05, 4.69) is 19.1 Å². The molecular weight excluding hydrogens is 248 g/mol. The number of carboxylic acids is 1. The van der Waals surface area contributed by atoms with Crippen LogP contribution in [-0.4, -0.2) is 11.1 Å². The first kappa shape index (κ1) is 19.2. The standard InChI is InChI=1S/C18H34O2/c1-2-3-4-5-6-7-8-9-10-11-12-13-14-15-16-17-18(19)20/h12-13H,2-11,14-17H2,1H3,(H,19,20)/b13-12+. The normalized spacial score (nSPS) is 11.2. The third-order valence-electron chi connectivity index (χ3n) is 3.65. The van der Waals surface area contributed by atoms with E-state index < -0.39 is 5.97 Å². The van der Waals surface area contributed by atoms with Crippen molar-refractivity contribution >= 4 is 5.97 Å². The summed E-state index contributed by atoms with van der Waals surface area (Å²) in [5.41, 5.74) is 0. The van der Waals surface area contributed by atoms with Crippen molar-refractivity contribution in [3.05, 3.63) is 12.2 Å². The Morgan fingerprint density at radius 3 is 1.70 bits per heavy atom. The molecule has 0 aromatic rings. The van der Waals surface area contributed by atoms with E-state index in [-0.39, 0.29) is 0 Å². The fraction of sp³-hybridized carbons (Fsp3) is 0.833. The van der Waals surface area contributed by atoms with Gasteiger partial charge in [0.2, 0.25) is 0 Å². The topological polar surface area (TPSA) is 37.3 Å². The van der Waals surface area contributed by atoms with Gasteiger partial charge in [0.25, 0.3) is 0 Å². The van der Waals surface area contributed by atoms with Gasteiger partial charge in [-0.3, -0.25) is 4.79 Å². The highest BCUT2D eigenvalue weighted by Crippen LogP contribution is 2.11. The summed E-state index contributed by atoms with van der Waals surface area (Å²) in [6.45, 7) is 2.26. The maximum absolute atomic E-state index is 10.3. The van der Waals surface area contributed by atoms with Gasteiger partial charge in [0.1, 0.15) is 0 Å². The maximum Gasteiger partial charge on any atom is 0.303 e. The van der Waals surface area contributed by atoms with Crippen molar-refractivity contribution in [2.24, 2.45) is 0 Å². The minimum Gasteiger partial charge on any atom is -0.481 e. The third-order valence-corrected chi connectivity index (χ3v) is 3.65. The van der Waals surface area contributed by atoms with Gasteiger partial charge in [-0.25, -0.2) is 0 Å². The number of hydrogen-bond donors (Lipinski definition) is 1. The monoisotopic (exact) mass is 282 g/mol. The molecule has 0 atom stereocenters. The molecule has 0 aliphatic carbocycles. The molecule has 1 N–H and O–H groups in total. The van der Waals surface area contributed by atoms with E-state index in [4.69, 9.17) is 5.11 Å². The fourth-order valence-electron chi connectivity index (χ4n) is 2.35. The second-order valence-electron chi connectivity index (χ2n) is 5.73. The van der Waals surface area contributed by atoms with Crippen LogP contribution in [0.15, 0.2) is 12.2 Å². The predicted molar refractivity (Wildman–Crippen MR) is 87.1 cm³/mol. The molecule has 0 saturated heterocycles. The zero-order valence-electron chi connectivity index (χ0n) is 13.4. The largest absolute Gasteiger partial charge is 0.481 e. The van der Waals surface area contributed by atoms with Crippen LogP contribution in [0.4, 0.5) is 0 Å². The molecular formula is C18H34O2. The van der Waals surface area contributed by atoms with Crippen LogP contribution in [0.5, 0.6) is 0 Å². The van der Waals surface area contributed by atoms with Gasteiger partial charge in [-0.2, -0.15) is 0 Å². The lowest BCUT2D eigenvalue weighted by Crippen LogP contribution is -1.92. The van der Waals surface area contributed by atoms with Crippen LogP contribution in [0.3, 0.4) is 0 Å². The fourth-order valence-corrected chi connectivity index (χ4v) is 2.35. The van der Waals surface area contributed by atoms with E-state index in [1.165, 1.54) is 64.2 Å². The molecule has 0 amide bonds. The maximum atomic E-state index is 10.3. The summed E-state index contributed by atoms with van der Waals surface area (Å²) in [5, 5.41) is 8.50. The summed E-state index contributed by atoms with van der Waals surface area (Å²) in [6.07, 6.45) is 21.3. The van der Waals surface area contributed by atoms with E-state index >= 15 is 0 Å². The predicted octanol–water partition coefficient (Wildman–Crippen LogP) is 6.11. The molecule has 0 saturated carbocycles. The van der Waals surface area contributed by atoms with Crippen molar-refractivity contribution < 1.29 is 9.90 Å². The highest BCUT2D eigenvalue weighted by atomic mass is 16.4. The lowest BCUT2D eigenvalue weighted by molar-refractivity contribution is -0.137. The van der Waals surface area contributed by atoms with Crippen LogP contribution in [0.1, 0.15) is 96.8 Å². The molecule has 0 spiro atoms. The molecule has 118 valence electrons. The minimum absolute atomic E-state index is 0.312. The van der Waals surface area contributed by atoms with Gasteiger partial charge in [-0.05, 0) is 32.1 Å². The second-order valence-corrected chi connectivity index (χ2v) is 5.73. The zero-order valence-corrected chi connectivity index (χ0v) is 13.4. The molecule has 0 rings (SSSR count). The number of carboxylic acid groups (broad SMARTS) is 1. The molecule has 0 aliphatic rings. The molecule has 0 heterocycles. The van der Waals surface area contributed by atoms with E-state index in [9.17, 15) is 4.79 Å². The summed E-state index contributed by atoms with van der Waals surface area (Å²) < 4.78 is 0. The Bertz CT molecular complexity index is 234. The Morgan fingerprint density at radius 1 is 0.750 bits per heavy atom. The van der Waals surface area contributed by atoms with Crippen molar-refractivity contribution in [2.75, 3.05) is 0 Å². The van der Waals surface area contributed by atoms with Crippen LogP contribution < -0.4 is 0 Å². The zero-order chi connectivity index (χ0) is 14.9. The first-order chi connectivity index (χ1) is 9.77. The van der Waals surface area contributed by atoms with Gasteiger partial charge in [0.15, 0.2) is 0 Å². The van der Waals surface area contributed by atoms with E-state index in [0.29, 0.717) is 6.42 Å². The highest BCUT2D eigenvalue weighted by Gasteiger charge is 1.94.